The number of rotatable bonds is 8. The van der Waals surface area contributed by atoms with Crippen LogP contribution in [0.4, 0.5) is 0 Å². The molecule has 0 atom stereocenters. The minimum absolute atomic E-state index is 0.0124. The van der Waals surface area contributed by atoms with E-state index in [9.17, 15) is 9.59 Å². The summed E-state index contributed by atoms with van der Waals surface area (Å²) in [5.41, 5.74) is 2.86. The van der Waals surface area contributed by atoms with Crippen molar-refractivity contribution in [2.24, 2.45) is 0 Å². The minimum Gasteiger partial charge on any atom is -0.494 e. The number of benzene rings is 2. The highest BCUT2D eigenvalue weighted by Gasteiger charge is 2.24. The lowest BCUT2D eigenvalue weighted by Crippen LogP contribution is -2.46. The molecule has 0 aromatic heterocycles. The highest BCUT2D eigenvalue weighted by atomic mass is 16.5. The van der Waals surface area contributed by atoms with E-state index in [2.05, 4.69) is 5.32 Å². The van der Waals surface area contributed by atoms with Crippen LogP contribution in [0.15, 0.2) is 42.5 Å². The molecule has 2 aromatic carbocycles. The zero-order valence-electron chi connectivity index (χ0n) is 18.6. The molecular formula is C25H32N2O4. The molecule has 1 aliphatic heterocycles. The third kappa shape index (κ3) is 6.48. The molecule has 0 aliphatic carbocycles. The van der Waals surface area contributed by atoms with Crippen LogP contribution in [-0.2, 0) is 4.79 Å². The Kier molecular flexibility index (Phi) is 7.93. The van der Waals surface area contributed by atoms with E-state index in [1.807, 2.05) is 56.0 Å². The number of carbonyl (C=O) groups is 2. The van der Waals surface area contributed by atoms with Crippen LogP contribution in [0.3, 0.4) is 0 Å². The Bertz CT molecular complexity index is 887. The summed E-state index contributed by atoms with van der Waals surface area (Å²) in [6.45, 7) is 8.17. The average molecular weight is 425 g/mol. The van der Waals surface area contributed by atoms with E-state index in [-0.39, 0.29) is 17.9 Å². The molecule has 6 heteroatoms. The zero-order valence-corrected chi connectivity index (χ0v) is 18.6. The second-order valence-corrected chi connectivity index (χ2v) is 7.96. The monoisotopic (exact) mass is 424 g/mol. The summed E-state index contributed by atoms with van der Waals surface area (Å²) in [4.78, 5) is 26.8. The number of hydrogen-bond donors (Lipinski definition) is 1. The maximum atomic E-state index is 12.7. The second kappa shape index (κ2) is 10.8. The van der Waals surface area contributed by atoms with Crippen molar-refractivity contribution in [1.29, 1.82) is 0 Å². The number of piperidine rings is 1. The number of nitrogens with one attached hydrogen (secondary N) is 1. The van der Waals surface area contributed by atoms with E-state index in [0.717, 1.165) is 35.5 Å². The van der Waals surface area contributed by atoms with Crippen molar-refractivity contribution in [2.45, 2.75) is 46.1 Å². The van der Waals surface area contributed by atoms with Gasteiger partial charge in [0.05, 0.1) is 19.6 Å². The Morgan fingerprint density at radius 1 is 1.03 bits per heavy atom. The highest BCUT2D eigenvalue weighted by Crippen LogP contribution is 2.20. The smallest absolute Gasteiger partial charge is 0.253 e. The SMILES string of the molecule is CCOc1ccc(C(=O)N2CCC(NC(=O)CCOc3cc(C)ccc3C)CC2)cc1. The number of hydrogen-bond acceptors (Lipinski definition) is 4. The van der Waals surface area contributed by atoms with Gasteiger partial charge in [-0.1, -0.05) is 12.1 Å². The number of carbonyl (C=O) groups excluding carboxylic acids is 2. The van der Waals surface area contributed by atoms with Crippen molar-refractivity contribution in [1.82, 2.24) is 10.2 Å². The highest BCUT2D eigenvalue weighted by molar-refractivity contribution is 5.94. The van der Waals surface area contributed by atoms with E-state index in [4.69, 9.17) is 9.47 Å². The first kappa shape index (κ1) is 22.7. The molecule has 0 bridgehead atoms. The molecule has 0 saturated carbocycles. The van der Waals surface area contributed by atoms with Crippen LogP contribution < -0.4 is 14.8 Å². The Morgan fingerprint density at radius 2 is 1.74 bits per heavy atom. The topological polar surface area (TPSA) is 67.9 Å². The summed E-state index contributed by atoms with van der Waals surface area (Å²) in [6, 6.07) is 13.4. The van der Waals surface area contributed by atoms with Gasteiger partial charge in [0.2, 0.25) is 5.91 Å². The lowest BCUT2D eigenvalue weighted by molar-refractivity contribution is -0.122. The fourth-order valence-electron chi connectivity index (χ4n) is 3.69. The number of nitrogens with zero attached hydrogens (tertiary/aromatic N) is 1. The first-order valence-electron chi connectivity index (χ1n) is 11.0. The first-order chi connectivity index (χ1) is 15.0. The van der Waals surface area contributed by atoms with Gasteiger partial charge in [0, 0.05) is 24.7 Å². The Hall–Kier alpha value is -3.02. The Balaban J connectivity index is 1.39. The van der Waals surface area contributed by atoms with Crippen molar-refractivity contribution in [2.75, 3.05) is 26.3 Å². The molecule has 2 aromatic rings. The van der Waals surface area contributed by atoms with Gasteiger partial charge in [0.25, 0.3) is 5.91 Å². The lowest BCUT2D eigenvalue weighted by atomic mass is 10.0. The molecule has 1 heterocycles. The van der Waals surface area contributed by atoms with E-state index in [0.29, 0.717) is 38.3 Å². The van der Waals surface area contributed by atoms with Crippen molar-refractivity contribution in [3.05, 3.63) is 59.2 Å². The minimum atomic E-state index is -0.0124. The molecule has 1 N–H and O–H groups in total. The molecule has 1 fully saturated rings. The van der Waals surface area contributed by atoms with Crippen LogP contribution in [0.5, 0.6) is 11.5 Å². The van der Waals surface area contributed by atoms with Gasteiger partial charge in [0.15, 0.2) is 0 Å². The standard InChI is InChI=1S/C25H32N2O4/c1-4-30-22-9-7-20(8-10-22)25(29)27-14-11-21(12-15-27)26-24(28)13-16-31-23-17-18(2)5-6-19(23)3/h5-10,17,21H,4,11-16H2,1-3H3,(H,26,28). The molecule has 6 nitrogen and oxygen atoms in total. The molecular weight excluding hydrogens is 392 g/mol. The molecule has 166 valence electrons. The lowest BCUT2D eigenvalue weighted by Gasteiger charge is -2.32. The summed E-state index contributed by atoms with van der Waals surface area (Å²) < 4.78 is 11.2. The van der Waals surface area contributed by atoms with E-state index in [1.54, 1.807) is 12.1 Å². The molecule has 2 amide bonds. The van der Waals surface area contributed by atoms with Crippen molar-refractivity contribution in [3.8, 4) is 11.5 Å². The van der Waals surface area contributed by atoms with Crippen molar-refractivity contribution in [3.63, 3.8) is 0 Å². The molecule has 0 spiro atoms. The maximum absolute atomic E-state index is 12.7. The third-order valence-corrected chi connectivity index (χ3v) is 5.49. The van der Waals surface area contributed by atoms with Crippen LogP contribution in [0.25, 0.3) is 0 Å². The quantitative estimate of drug-likeness (QED) is 0.698. The molecule has 31 heavy (non-hydrogen) atoms. The number of likely N-dealkylation sites (tertiary alicyclic amines) is 1. The fraction of sp³-hybridized carbons (Fsp3) is 0.440. The van der Waals surface area contributed by atoms with E-state index >= 15 is 0 Å². The van der Waals surface area contributed by atoms with Crippen molar-refractivity contribution >= 4 is 11.8 Å². The van der Waals surface area contributed by atoms with Gasteiger partial charge in [-0.2, -0.15) is 0 Å². The van der Waals surface area contributed by atoms with Crippen molar-refractivity contribution < 1.29 is 19.1 Å². The normalized spacial score (nSPS) is 14.2. The van der Waals surface area contributed by atoms with Crippen LogP contribution in [0, 0.1) is 13.8 Å². The molecule has 3 rings (SSSR count). The summed E-state index contributed by atoms with van der Waals surface area (Å²) in [7, 11) is 0. The van der Waals surface area contributed by atoms with Gasteiger partial charge in [-0.15, -0.1) is 0 Å². The van der Waals surface area contributed by atoms with Gasteiger partial charge in [-0.3, -0.25) is 9.59 Å². The van der Waals surface area contributed by atoms with Gasteiger partial charge >= 0.3 is 0 Å². The van der Waals surface area contributed by atoms with E-state index in [1.165, 1.54) is 0 Å². The third-order valence-electron chi connectivity index (χ3n) is 5.49. The summed E-state index contributed by atoms with van der Waals surface area (Å²) in [5.74, 6) is 1.60. The Labute approximate surface area is 184 Å². The number of aryl methyl sites for hydroxylation is 2. The molecule has 0 radical (unpaired) electrons. The van der Waals surface area contributed by atoms with Crippen LogP contribution in [-0.4, -0.2) is 49.1 Å². The van der Waals surface area contributed by atoms with Gasteiger partial charge in [-0.25, -0.2) is 0 Å². The predicted octanol–water partition coefficient (Wildman–Crippen LogP) is 3.89. The largest absolute Gasteiger partial charge is 0.494 e. The second-order valence-electron chi connectivity index (χ2n) is 7.96. The molecule has 1 saturated heterocycles. The first-order valence-corrected chi connectivity index (χ1v) is 11.0. The predicted molar refractivity (Wildman–Crippen MR) is 121 cm³/mol. The summed E-state index contributed by atoms with van der Waals surface area (Å²) in [5, 5.41) is 3.08. The number of ether oxygens (including phenoxy) is 2. The number of amides is 2. The average Bonchev–Trinajstić information content (AvgIpc) is 2.77. The summed E-state index contributed by atoms with van der Waals surface area (Å²) >= 11 is 0. The zero-order chi connectivity index (χ0) is 22.2. The fourth-order valence-corrected chi connectivity index (χ4v) is 3.69. The maximum Gasteiger partial charge on any atom is 0.253 e. The van der Waals surface area contributed by atoms with Gasteiger partial charge in [-0.05, 0) is 75.1 Å². The molecule has 0 unspecified atom stereocenters. The summed E-state index contributed by atoms with van der Waals surface area (Å²) in [6.07, 6.45) is 1.83. The van der Waals surface area contributed by atoms with Crippen LogP contribution in [0.1, 0.15) is 47.7 Å². The molecule has 1 aliphatic rings. The van der Waals surface area contributed by atoms with Crippen LogP contribution >= 0.6 is 0 Å². The van der Waals surface area contributed by atoms with E-state index < -0.39 is 0 Å². The van der Waals surface area contributed by atoms with Crippen LogP contribution in [0.2, 0.25) is 0 Å². The van der Waals surface area contributed by atoms with Gasteiger partial charge in [0.1, 0.15) is 11.5 Å². The van der Waals surface area contributed by atoms with Gasteiger partial charge < -0.3 is 19.7 Å². The Morgan fingerprint density at radius 3 is 2.42 bits per heavy atom.